The van der Waals surface area contributed by atoms with Gasteiger partial charge in [-0.3, -0.25) is 4.79 Å². The first kappa shape index (κ1) is 15.3. The molecule has 0 aliphatic heterocycles. The predicted octanol–water partition coefficient (Wildman–Crippen LogP) is 3.06. The second-order valence-electron chi connectivity index (χ2n) is 5.85. The number of hydrogen-bond acceptors (Lipinski definition) is 5. The van der Waals surface area contributed by atoms with Crippen LogP contribution in [0.4, 0.5) is 0 Å². The van der Waals surface area contributed by atoms with Crippen LogP contribution >= 0.6 is 0 Å². The summed E-state index contributed by atoms with van der Waals surface area (Å²) in [6.45, 7) is 4.29. The lowest BCUT2D eigenvalue weighted by Gasteiger charge is -2.07. The Morgan fingerprint density at radius 1 is 1.30 bits per heavy atom. The number of carbonyl (C=O) groups is 1. The molecular weight excluding hydrogens is 294 g/mol. The second-order valence-corrected chi connectivity index (χ2v) is 5.85. The molecule has 0 N–H and O–H groups in total. The number of para-hydroxylation sites is 1. The van der Waals surface area contributed by atoms with Crippen molar-refractivity contribution in [2.45, 2.75) is 26.8 Å². The van der Waals surface area contributed by atoms with Crippen LogP contribution in [0.3, 0.4) is 0 Å². The van der Waals surface area contributed by atoms with E-state index in [1.54, 1.807) is 0 Å². The van der Waals surface area contributed by atoms with Crippen LogP contribution in [-0.4, -0.2) is 27.8 Å². The second kappa shape index (κ2) is 6.24. The highest BCUT2D eigenvalue weighted by molar-refractivity contribution is 5.87. The minimum Gasteiger partial charge on any atom is -0.468 e. The number of methoxy groups -OCH3 is 1. The molecule has 0 spiro atoms. The molecule has 23 heavy (non-hydrogen) atoms. The zero-order valence-corrected chi connectivity index (χ0v) is 13.4. The van der Waals surface area contributed by atoms with Gasteiger partial charge in [-0.05, 0) is 18.1 Å². The lowest BCUT2D eigenvalue weighted by atomic mass is 10.1. The molecule has 3 rings (SSSR count). The first-order valence-electron chi connectivity index (χ1n) is 7.56. The van der Waals surface area contributed by atoms with Crippen molar-refractivity contribution in [2.75, 3.05) is 7.11 Å². The standard InChI is InChI=1S/C17H19N3O3/c1-11(2)8-15-18-19-17(23-15)14-9-12-6-4-5-7-13(12)20(14)10-16(21)22-3/h4-7,9,11H,8,10H2,1-3H3. The number of fused-ring (bicyclic) bond motifs is 1. The first-order chi connectivity index (χ1) is 11.1. The topological polar surface area (TPSA) is 70.2 Å². The summed E-state index contributed by atoms with van der Waals surface area (Å²) in [6.07, 6.45) is 0.726. The Bertz CT molecular complexity index is 833. The van der Waals surface area contributed by atoms with Crippen molar-refractivity contribution in [1.29, 1.82) is 0 Å². The Hall–Kier alpha value is -2.63. The predicted molar refractivity (Wildman–Crippen MR) is 85.8 cm³/mol. The number of rotatable bonds is 5. The normalized spacial score (nSPS) is 11.3. The summed E-state index contributed by atoms with van der Waals surface area (Å²) in [5.74, 6) is 1.13. The van der Waals surface area contributed by atoms with Crippen LogP contribution in [0.25, 0.3) is 22.5 Å². The fourth-order valence-corrected chi connectivity index (χ4v) is 2.54. The van der Waals surface area contributed by atoms with E-state index in [0.717, 1.165) is 23.0 Å². The zero-order valence-electron chi connectivity index (χ0n) is 13.4. The van der Waals surface area contributed by atoms with E-state index < -0.39 is 0 Å². The SMILES string of the molecule is COC(=O)Cn1c(-c2nnc(CC(C)C)o2)cc2ccccc21. The fraction of sp³-hybridized carbons (Fsp3) is 0.353. The van der Waals surface area contributed by atoms with Gasteiger partial charge >= 0.3 is 5.97 Å². The van der Waals surface area contributed by atoms with Crippen molar-refractivity contribution in [3.63, 3.8) is 0 Å². The van der Waals surface area contributed by atoms with Gasteiger partial charge in [-0.2, -0.15) is 0 Å². The molecule has 0 bridgehead atoms. The van der Waals surface area contributed by atoms with E-state index in [0.29, 0.717) is 17.7 Å². The van der Waals surface area contributed by atoms with E-state index >= 15 is 0 Å². The van der Waals surface area contributed by atoms with E-state index in [-0.39, 0.29) is 12.5 Å². The highest BCUT2D eigenvalue weighted by Crippen LogP contribution is 2.28. The van der Waals surface area contributed by atoms with Crippen LogP contribution in [0.5, 0.6) is 0 Å². The molecule has 3 aromatic rings. The molecule has 0 aliphatic rings. The van der Waals surface area contributed by atoms with Crippen LogP contribution in [0.2, 0.25) is 0 Å². The smallest absolute Gasteiger partial charge is 0.325 e. The maximum absolute atomic E-state index is 11.7. The number of hydrogen-bond donors (Lipinski definition) is 0. The molecule has 0 unspecified atom stereocenters. The van der Waals surface area contributed by atoms with Gasteiger partial charge in [0.15, 0.2) is 0 Å². The van der Waals surface area contributed by atoms with E-state index in [4.69, 9.17) is 9.15 Å². The van der Waals surface area contributed by atoms with Crippen LogP contribution < -0.4 is 0 Å². The third-order valence-corrected chi connectivity index (χ3v) is 3.59. The van der Waals surface area contributed by atoms with Gasteiger partial charge in [0.1, 0.15) is 12.2 Å². The highest BCUT2D eigenvalue weighted by Gasteiger charge is 2.18. The average Bonchev–Trinajstić information content (AvgIpc) is 3.11. The van der Waals surface area contributed by atoms with Crippen molar-refractivity contribution in [2.24, 2.45) is 5.92 Å². The number of ether oxygens (including phenoxy) is 1. The minimum atomic E-state index is -0.325. The van der Waals surface area contributed by atoms with Gasteiger partial charge < -0.3 is 13.7 Å². The Morgan fingerprint density at radius 3 is 2.83 bits per heavy atom. The molecular formula is C17H19N3O3. The quantitative estimate of drug-likeness (QED) is 0.677. The summed E-state index contributed by atoms with van der Waals surface area (Å²) in [6, 6.07) is 9.76. The molecule has 6 nitrogen and oxygen atoms in total. The molecule has 0 radical (unpaired) electrons. The number of benzene rings is 1. The van der Waals surface area contributed by atoms with Gasteiger partial charge in [-0.25, -0.2) is 0 Å². The van der Waals surface area contributed by atoms with Gasteiger partial charge in [0.05, 0.1) is 7.11 Å². The van der Waals surface area contributed by atoms with Crippen LogP contribution in [0, 0.1) is 5.92 Å². The van der Waals surface area contributed by atoms with Gasteiger partial charge in [0.25, 0.3) is 5.89 Å². The molecule has 0 amide bonds. The number of esters is 1. The fourth-order valence-electron chi connectivity index (χ4n) is 2.54. The average molecular weight is 313 g/mol. The summed E-state index contributed by atoms with van der Waals surface area (Å²) in [5, 5.41) is 9.25. The molecule has 0 aliphatic carbocycles. The first-order valence-corrected chi connectivity index (χ1v) is 7.56. The number of carbonyl (C=O) groups excluding carboxylic acids is 1. The van der Waals surface area contributed by atoms with Crippen LogP contribution in [0.1, 0.15) is 19.7 Å². The van der Waals surface area contributed by atoms with Crippen LogP contribution in [0.15, 0.2) is 34.7 Å². The number of nitrogens with zero attached hydrogens (tertiary/aromatic N) is 3. The van der Waals surface area contributed by atoms with E-state index in [1.807, 2.05) is 34.9 Å². The highest BCUT2D eigenvalue weighted by atomic mass is 16.5. The van der Waals surface area contributed by atoms with E-state index in [1.165, 1.54) is 7.11 Å². The summed E-state index contributed by atoms with van der Waals surface area (Å²) < 4.78 is 12.4. The maximum Gasteiger partial charge on any atom is 0.325 e. The van der Waals surface area contributed by atoms with Gasteiger partial charge in [0.2, 0.25) is 5.89 Å². The third-order valence-electron chi connectivity index (χ3n) is 3.59. The number of aromatic nitrogens is 3. The molecule has 0 saturated carbocycles. The molecule has 1 aromatic carbocycles. The summed E-state index contributed by atoms with van der Waals surface area (Å²) in [5.41, 5.74) is 1.65. The maximum atomic E-state index is 11.7. The summed E-state index contributed by atoms with van der Waals surface area (Å²) in [7, 11) is 1.38. The van der Waals surface area contributed by atoms with Crippen LogP contribution in [-0.2, 0) is 22.5 Å². The van der Waals surface area contributed by atoms with E-state index in [2.05, 4.69) is 24.0 Å². The van der Waals surface area contributed by atoms with Crippen molar-refractivity contribution in [3.05, 3.63) is 36.2 Å². The Kier molecular flexibility index (Phi) is 4.14. The third kappa shape index (κ3) is 3.11. The van der Waals surface area contributed by atoms with Gasteiger partial charge in [-0.1, -0.05) is 32.0 Å². The molecule has 0 fully saturated rings. The molecule has 0 atom stereocenters. The van der Waals surface area contributed by atoms with Crippen molar-refractivity contribution in [3.8, 4) is 11.6 Å². The summed E-state index contributed by atoms with van der Waals surface area (Å²) >= 11 is 0. The Balaban J connectivity index is 2.06. The van der Waals surface area contributed by atoms with Crippen molar-refractivity contribution >= 4 is 16.9 Å². The Morgan fingerprint density at radius 2 is 2.09 bits per heavy atom. The monoisotopic (exact) mass is 313 g/mol. The summed E-state index contributed by atoms with van der Waals surface area (Å²) in [4.78, 5) is 11.7. The Labute approximate surface area is 134 Å². The lowest BCUT2D eigenvalue weighted by Crippen LogP contribution is -2.12. The minimum absolute atomic E-state index is 0.0985. The van der Waals surface area contributed by atoms with E-state index in [9.17, 15) is 4.79 Å². The molecule has 6 heteroatoms. The molecule has 120 valence electrons. The molecule has 2 heterocycles. The largest absolute Gasteiger partial charge is 0.468 e. The molecule has 0 saturated heterocycles. The van der Waals surface area contributed by atoms with Crippen molar-refractivity contribution in [1.82, 2.24) is 14.8 Å². The van der Waals surface area contributed by atoms with Crippen molar-refractivity contribution < 1.29 is 13.9 Å². The zero-order chi connectivity index (χ0) is 16.4. The van der Waals surface area contributed by atoms with Gasteiger partial charge in [0, 0.05) is 17.3 Å². The molecule has 2 aromatic heterocycles. The van der Waals surface area contributed by atoms with Gasteiger partial charge in [-0.15, -0.1) is 10.2 Å². The lowest BCUT2D eigenvalue weighted by molar-refractivity contribution is -0.141.